The van der Waals surface area contributed by atoms with Crippen molar-refractivity contribution >= 4 is 40.0 Å². The van der Waals surface area contributed by atoms with Crippen molar-refractivity contribution in [3.05, 3.63) is 46.9 Å². The number of halogens is 1. The number of carbonyl (C=O) groups is 1. The summed E-state index contributed by atoms with van der Waals surface area (Å²) >= 11 is 3.76. The predicted octanol–water partition coefficient (Wildman–Crippen LogP) is 3.30. The van der Waals surface area contributed by atoms with Gasteiger partial charge in [-0.1, -0.05) is 11.6 Å². The third-order valence-corrected chi connectivity index (χ3v) is 3.42. The minimum Gasteiger partial charge on any atom is -0.467 e. The molecule has 0 aliphatic rings. The van der Waals surface area contributed by atoms with E-state index in [2.05, 4.69) is 10.0 Å². The van der Waals surface area contributed by atoms with Crippen LogP contribution in [0.3, 0.4) is 0 Å². The molecule has 112 valence electrons. The molecule has 21 heavy (non-hydrogen) atoms. The van der Waals surface area contributed by atoms with E-state index in [0.717, 1.165) is 0 Å². The van der Waals surface area contributed by atoms with E-state index < -0.39 is 11.3 Å². The van der Waals surface area contributed by atoms with Crippen LogP contribution in [0, 0.1) is 0 Å². The van der Waals surface area contributed by atoms with Crippen LogP contribution in [-0.4, -0.2) is 14.5 Å². The van der Waals surface area contributed by atoms with Crippen molar-refractivity contribution in [2.24, 2.45) is 0 Å². The van der Waals surface area contributed by atoms with Gasteiger partial charge in [-0.25, -0.2) is 4.21 Å². The van der Waals surface area contributed by atoms with Gasteiger partial charge in [0.25, 0.3) is 11.3 Å². The number of benzene rings is 1. The van der Waals surface area contributed by atoms with Gasteiger partial charge in [-0.2, -0.15) is 0 Å². The molecule has 8 heteroatoms. The fourth-order valence-electron chi connectivity index (χ4n) is 1.78. The van der Waals surface area contributed by atoms with Gasteiger partial charge in [-0.3, -0.25) is 14.1 Å². The second-order valence-electron chi connectivity index (χ2n) is 4.22. The van der Waals surface area contributed by atoms with E-state index in [0.29, 0.717) is 23.6 Å². The van der Waals surface area contributed by atoms with Crippen LogP contribution in [-0.2, 0) is 17.8 Å². The van der Waals surface area contributed by atoms with Gasteiger partial charge in [0.1, 0.15) is 5.76 Å². The van der Waals surface area contributed by atoms with Gasteiger partial charge in [-0.05, 0) is 31.2 Å². The summed E-state index contributed by atoms with van der Waals surface area (Å²) in [5, 5.41) is 3.28. The standard InChI is InChI=1S/C13H13ClN2O4S/c1-8(17)10-5-13(16-21(18)19)11(14)6-12(10)15-7-9-3-2-4-20-9/h2-6,15-16H,7H2,1H3,(H,18,19). The molecule has 6 nitrogen and oxygen atoms in total. The zero-order chi connectivity index (χ0) is 15.4. The second kappa shape index (κ2) is 6.75. The van der Waals surface area contributed by atoms with E-state index in [1.165, 1.54) is 19.1 Å². The number of nitrogens with one attached hydrogen (secondary N) is 2. The minimum atomic E-state index is -2.26. The highest BCUT2D eigenvalue weighted by molar-refractivity contribution is 7.80. The molecule has 1 aromatic heterocycles. The SMILES string of the molecule is CC(=O)c1cc(NS(=O)O)c(Cl)cc1NCc1ccco1. The quantitative estimate of drug-likeness (QED) is 0.559. The smallest absolute Gasteiger partial charge is 0.259 e. The van der Waals surface area contributed by atoms with Crippen molar-refractivity contribution in [1.29, 1.82) is 0 Å². The fraction of sp³-hybridized carbons (Fsp3) is 0.154. The van der Waals surface area contributed by atoms with Crippen LogP contribution in [0.15, 0.2) is 34.9 Å². The Labute approximate surface area is 128 Å². The number of rotatable bonds is 6. The molecular weight excluding hydrogens is 316 g/mol. The molecule has 0 bridgehead atoms. The molecule has 1 atom stereocenters. The summed E-state index contributed by atoms with van der Waals surface area (Å²) in [5.41, 5.74) is 1.10. The molecule has 0 aliphatic carbocycles. The molecule has 0 saturated carbocycles. The molecule has 1 unspecified atom stereocenters. The summed E-state index contributed by atoms with van der Waals surface area (Å²) in [6, 6.07) is 6.52. The van der Waals surface area contributed by atoms with Crippen molar-refractivity contribution in [1.82, 2.24) is 0 Å². The summed E-state index contributed by atoms with van der Waals surface area (Å²) in [4.78, 5) is 11.7. The Hall–Kier alpha value is -1.83. The summed E-state index contributed by atoms with van der Waals surface area (Å²) in [6.45, 7) is 1.79. The average Bonchev–Trinajstić information content (AvgIpc) is 2.91. The lowest BCUT2D eigenvalue weighted by Gasteiger charge is -2.13. The van der Waals surface area contributed by atoms with E-state index in [4.69, 9.17) is 20.6 Å². The number of anilines is 2. The van der Waals surface area contributed by atoms with Crippen LogP contribution in [0.25, 0.3) is 0 Å². The third-order valence-electron chi connectivity index (χ3n) is 2.72. The van der Waals surface area contributed by atoms with Gasteiger partial charge in [-0.15, -0.1) is 0 Å². The maximum absolute atomic E-state index is 11.7. The van der Waals surface area contributed by atoms with Crippen LogP contribution < -0.4 is 10.0 Å². The Morgan fingerprint density at radius 1 is 1.43 bits per heavy atom. The van der Waals surface area contributed by atoms with E-state index >= 15 is 0 Å². The fourth-order valence-corrected chi connectivity index (χ4v) is 2.40. The Balaban J connectivity index is 2.29. The highest BCUT2D eigenvalue weighted by Gasteiger charge is 2.13. The van der Waals surface area contributed by atoms with E-state index in [1.54, 1.807) is 18.4 Å². The van der Waals surface area contributed by atoms with Gasteiger partial charge >= 0.3 is 0 Å². The van der Waals surface area contributed by atoms with Gasteiger partial charge in [0.05, 0.1) is 23.5 Å². The first kappa shape index (κ1) is 15.6. The van der Waals surface area contributed by atoms with Gasteiger partial charge in [0.2, 0.25) is 0 Å². The molecular formula is C13H13ClN2O4S. The largest absolute Gasteiger partial charge is 0.467 e. The summed E-state index contributed by atoms with van der Waals surface area (Å²) < 4.78 is 27.1. The Morgan fingerprint density at radius 2 is 2.19 bits per heavy atom. The maximum Gasteiger partial charge on any atom is 0.259 e. The number of hydrogen-bond acceptors (Lipinski definition) is 4. The van der Waals surface area contributed by atoms with Gasteiger partial charge in [0, 0.05) is 11.3 Å². The van der Waals surface area contributed by atoms with Gasteiger partial charge < -0.3 is 9.73 Å². The highest BCUT2D eigenvalue weighted by atomic mass is 35.5. The molecule has 0 spiro atoms. The van der Waals surface area contributed by atoms with E-state index in [9.17, 15) is 9.00 Å². The summed E-state index contributed by atoms with van der Waals surface area (Å²) in [6.07, 6.45) is 1.56. The molecule has 2 aromatic rings. The molecule has 0 radical (unpaired) electrons. The molecule has 1 aromatic carbocycles. The Morgan fingerprint density at radius 3 is 2.76 bits per heavy atom. The molecule has 0 amide bonds. The lowest BCUT2D eigenvalue weighted by Crippen LogP contribution is -2.08. The van der Waals surface area contributed by atoms with Crippen molar-refractivity contribution in [2.75, 3.05) is 10.0 Å². The topological polar surface area (TPSA) is 91.6 Å². The Kier molecular flexibility index (Phi) is 5.00. The van der Waals surface area contributed by atoms with Crippen molar-refractivity contribution in [2.45, 2.75) is 13.5 Å². The van der Waals surface area contributed by atoms with E-state index in [-0.39, 0.29) is 16.5 Å². The van der Waals surface area contributed by atoms with Crippen LogP contribution in [0.5, 0.6) is 0 Å². The normalized spacial score (nSPS) is 12.0. The molecule has 0 saturated heterocycles. The predicted molar refractivity (Wildman–Crippen MR) is 81.9 cm³/mol. The van der Waals surface area contributed by atoms with Crippen molar-refractivity contribution < 1.29 is 18.0 Å². The number of carbonyl (C=O) groups excluding carboxylic acids is 1. The van der Waals surface area contributed by atoms with Crippen LogP contribution in [0.4, 0.5) is 11.4 Å². The monoisotopic (exact) mass is 328 g/mol. The van der Waals surface area contributed by atoms with Crippen LogP contribution >= 0.6 is 11.6 Å². The number of hydrogen-bond donors (Lipinski definition) is 3. The first-order valence-corrected chi connectivity index (χ1v) is 7.44. The second-order valence-corrected chi connectivity index (χ2v) is 5.33. The van der Waals surface area contributed by atoms with Crippen LogP contribution in [0.1, 0.15) is 23.0 Å². The van der Waals surface area contributed by atoms with E-state index in [1.807, 2.05) is 0 Å². The highest BCUT2D eigenvalue weighted by Crippen LogP contribution is 2.30. The molecule has 2 rings (SSSR count). The summed E-state index contributed by atoms with van der Waals surface area (Å²) in [5.74, 6) is 0.514. The Bertz CT molecular complexity index is 673. The third kappa shape index (κ3) is 4.07. The first-order chi connectivity index (χ1) is 9.97. The van der Waals surface area contributed by atoms with Crippen molar-refractivity contribution in [3.63, 3.8) is 0 Å². The lowest BCUT2D eigenvalue weighted by molar-refractivity contribution is 0.101. The number of Topliss-reactive ketones (excluding diaryl/α,β-unsaturated/α-hetero) is 1. The minimum absolute atomic E-state index is 0.194. The molecule has 0 fully saturated rings. The average molecular weight is 329 g/mol. The summed E-state index contributed by atoms with van der Waals surface area (Å²) in [7, 11) is 0. The molecule has 1 heterocycles. The zero-order valence-corrected chi connectivity index (χ0v) is 12.6. The first-order valence-electron chi connectivity index (χ1n) is 5.95. The number of ketones is 1. The zero-order valence-electron chi connectivity index (χ0n) is 11.1. The van der Waals surface area contributed by atoms with Gasteiger partial charge in [0.15, 0.2) is 5.78 Å². The number of furan rings is 1. The van der Waals surface area contributed by atoms with Crippen LogP contribution in [0.2, 0.25) is 5.02 Å². The molecule has 0 aliphatic heterocycles. The van der Waals surface area contributed by atoms with Crippen molar-refractivity contribution in [3.8, 4) is 0 Å². The lowest BCUT2D eigenvalue weighted by atomic mass is 10.1. The molecule has 3 N–H and O–H groups in total. The maximum atomic E-state index is 11.7.